The average molecular weight is 349 g/mol. The van der Waals surface area contributed by atoms with Gasteiger partial charge in [0.25, 0.3) is 0 Å². The van der Waals surface area contributed by atoms with Crippen LogP contribution in [0.4, 0.5) is 0 Å². The molecular formula is C15H14Cl2N6. The van der Waals surface area contributed by atoms with E-state index in [4.69, 9.17) is 23.2 Å². The van der Waals surface area contributed by atoms with Gasteiger partial charge >= 0.3 is 0 Å². The van der Waals surface area contributed by atoms with E-state index in [1.807, 2.05) is 22.4 Å². The first kappa shape index (κ1) is 14.7. The molecule has 0 saturated heterocycles. The van der Waals surface area contributed by atoms with E-state index >= 15 is 0 Å². The molecule has 0 radical (unpaired) electrons. The van der Waals surface area contributed by atoms with Crippen molar-refractivity contribution >= 4 is 23.2 Å². The highest BCUT2D eigenvalue weighted by atomic mass is 35.5. The van der Waals surface area contributed by atoms with Crippen LogP contribution in [0.25, 0.3) is 5.69 Å². The number of halogens is 2. The fourth-order valence-corrected chi connectivity index (χ4v) is 3.46. The van der Waals surface area contributed by atoms with Gasteiger partial charge in [-0.05, 0) is 31.5 Å². The maximum Gasteiger partial charge on any atom is 0.148 e. The minimum Gasteiger partial charge on any atom is -0.249 e. The molecule has 3 heterocycles. The van der Waals surface area contributed by atoms with E-state index in [-0.39, 0.29) is 5.92 Å². The molecule has 1 aliphatic heterocycles. The van der Waals surface area contributed by atoms with E-state index < -0.39 is 0 Å². The monoisotopic (exact) mass is 348 g/mol. The molecule has 1 atom stereocenters. The number of hydrogen-bond acceptors (Lipinski definition) is 4. The predicted molar refractivity (Wildman–Crippen MR) is 87.2 cm³/mol. The van der Waals surface area contributed by atoms with Crippen LogP contribution < -0.4 is 0 Å². The third-order valence-corrected chi connectivity index (χ3v) is 4.58. The van der Waals surface area contributed by atoms with Crippen LogP contribution in [0, 0.1) is 6.92 Å². The first-order valence-corrected chi connectivity index (χ1v) is 8.13. The van der Waals surface area contributed by atoms with Crippen LogP contribution in [0.1, 0.15) is 29.8 Å². The lowest BCUT2D eigenvalue weighted by Gasteiger charge is -2.22. The quantitative estimate of drug-likeness (QED) is 0.713. The summed E-state index contributed by atoms with van der Waals surface area (Å²) >= 11 is 12.3. The summed E-state index contributed by atoms with van der Waals surface area (Å²) in [6.07, 6.45) is 3.44. The molecule has 8 heteroatoms. The zero-order chi connectivity index (χ0) is 16.0. The molecule has 1 unspecified atom stereocenters. The highest BCUT2D eigenvalue weighted by Crippen LogP contribution is 2.31. The largest absolute Gasteiger partial charge is 0.249 e. The summed E-state index contributed by atoms with van der Waals surface area (Å²) < 4.78 is 3.76. The average Bonchev–Trinajstić information content (AvgIpc) is 3.12. The van der Waals surface area contributed by atoms with E-state index in [1.54, 1.807) is 18.5 Å². The number of aryl methyl sites for hydroxylation is 2. The molecule has 0 bridgehead atoms. The van der Waals surface area contributed by atoms with E-state index in [9.17, 15) is 0 Å². The van der Waals surface area contributed by atoms with Crippen molar-refractivity contribution in [3.8, 4) is 5.69 Å². The molecule has 1 aromatic carbocycles. The Labute approximate surface area is 143 Å². The summed E-state index contributed by atoms with van der Waals surface area (Å²) in [5, 5.41) is 9.95. The van der Waals surface area contributed by atoms with Gasteiger partial charge in [-0.1, -0.05) is 23.2 Å². The molecule has 0 N–H and O–H groups in total. The highest BCUT2D eigenvalue weighted by molar-refractivity contribution is 6.35. The summed E-state index contributed by atoms with van der Waals surface area (Å²) in [4.78, 5) is 8.90. The Morgan fingerprint density at radius 2 is 2.13 bits per heavy atom. The smallest absolute Gasteiger partial charge is 0.148 e. The number of hydrogen-bond donors (Lipinski definition) is 0. The summed E-state index contributed by atoms with van der Waals surface area (Å²) in [7, 11) is 0. The molecule has 2 aromatic heterocycles. The fourth-order valence-electron chi connectivity index (χ4n) is 2.97. The fraction of sp³-hybridized carbons (Fsp3) is 0.333. The highest BCUT2D eigenvalue weighted by Gasteiger charge is 2.27. The predicted octanol–water partition coefficient (Wildman–Crippen LogP) is 3.20. The Morgan fingerprint density at radius 3 is 2.96 bits per heavy atom. The number of rotatable bonds is 2. The number of benzene rings is 1. The van der Waals surface area contributed by atoms with Gasteiger partial charge in [-0.2, -0.15) is 10.2 Å². The maximum absolute atomic E-state index is 6.35. The second-order valence-corrected chi connectivity index (χ2v) is 6.46. The van der Waals surface area contributed by atoms with Gasteiger partial charge in [-0.3, -0.25) is 0 Å². The van der Waals surface area contributed by atoms with E-state index in [2.05, 4.69) is 20.2 Å². The van der Waals surface area contributed by atoms with Crippen molar-refractivity contribution in [1.82, 2.24) is 29.5 Å². The lowest BCUT2D eigenvalue weighted by atomic mass is 9.99. The van der Waals surface area contributed by atoms with Crippen LogP contribution in [-0.2, 0) is 13.0 Å². The van der Waals surface area contributed by atoms with Gasteiger partial charge in [-0.15, -0.1) is 0 Å². The molecule has 0 aliphatic carbocycles. The van der Waals surface area contributed by atoms with Gasteiger partial charge in [0.05, 0.1) is 17.3 Å². The number of aromatic nitrogens is 6. The molecule has 0 fully saturated rings. The van der Waals surface area contributed by atoms with Crippen molar-refractivity contribution < 1.29 is 0 Å². The van der Waals surface area contributed by atoms with Crippen LogP contribution in [0.2, 0.25) is 10.0 Å². The standard InChI is InChI=1S/C15H14Cl2N6/c1-9-20-15(10-2-5-14-18-8-19-22(14)7-10)23(21-9)13-4-3-11(16)6-12(13)17/h3-4,6,8,10H,2,5,7H2,1H3. The Hall–Kier alpha value is -1.92. The van der Waals surface area contributed by atoms with Crippen molar-refractivity contribution in [2.45, 2.75) is 32.2 Å². The lowest BCUT2D eigenvalue weighted by Crippen LogP contribution is -2.22. The third kappa shape index (κ3) is 2.62. The third-order valence-electron chi connectivity index (χ3n) is 4.05. The second kappa shape index (κ2) is 5.62. The van der Waals surface area contributed by atoms with E-state index in [1.165, 1.54) is 0 Å². The van der Waals surface area contributed by atoms with Crippen molar-refractivity contribution in [3.63, 3.8) is 0 Å². The van der Waals surface area contributed by atoms with Crippen molar-refractivity contribution in [2.75, 3.05) is 0 Å². The van der Waals surface area contributed by atoms with Crippen LogP contribution in [-0.4, -0.2) is 29.5 Å². The molecule has 0 saturated carbocycles. The summed E-state index contributed by atoms with van der Waals surface area (Å²) in [5.41, 5.74) is 0.788. The van der Waals surface area contributed by atoms with Gasteiger partial charge in [0.15, 0.2) is 0 Å². The lowest BCUT2D eigenvalue weighted by molar-refractivity contribution is 0.404. The van der Waals surface area contributed by atoms with Crippen molar-refractivity contribution in [2.24, 2.45) is 0 Å². The van der Waals surface area contributed by atoms with Gasteiger partial charge < -0.3 is 0 Å². The van der Waals surface area contributed by atoms with Crippen LogP contribution >= 0.6 is 23.2 Å². The van der Waals surface area contributed by atoms with E-state index in [0.717, 1.165) is 42.5 Å². The van der Waals surface area contributed by atoms with Crippen molar-refractivity contribution in [3.05, 3.63) is 52.0 Å². The van der Waals surface area contributed by atoms with Gasteiger partial charge in [-0.25, -0.2) is 19.3 Å². The van der Waals surface area contributed by atoms with Crippen LogP contribution in [0.5, 0.6) is 0 Å². The molecule has 4 rings (SSSR count). The Kier molecular flexibility index (Phi) is 3.58. The molecule has 1 aliphatic rings. The van der Waals surface area contributed by atoms with Gasteiger partial charge in [0.2, 0.25) is 0 Å². The molecule has 0 amide bonds. The van der Waals surface area contributed by atoms with Crippen molar-refractivity contribution in [1.29, 1.82) is 0 Å². The zero-order valence-corrected chi connectivity index (χ0v) is 14.0. The summed E-state index contributed by atoms with van der Waals surface area (Å²) in [6.45, 7) is 2.63. The molecular weight excluding hydrogens is 335 g/mol. The van der Waals surface area contributed by atoms with Gasteiger partial charge in [0, 0.05) is 17.4 Å². The topological polar surface area (TPSA) is 61.4 Å². The number of fused-ring (bicyclic) bond motifs is 1. The molecule has 0 spiro atoms. The summed E-state index contributed by atoms with van der Waals surface area (Å²) in [6, 6.07) is 5.39. The first-order valence-electron chi connectivity index (χ1n) is 7.37. The Balaban J connectivity index is 1.76. The van der Waals surface area contributed by atoms with Crippen LogP contribution in [0.3, 0.4) is 0 Å². The minimum atomic E-state index is 0.220. The first-order chi connectivity index (χ1) is 11.1. The molecule has 23 heavy (non-hydrogen) atoms. The maximum atomic E-state index is 6.35. The molecule has 3 aromatic rings. The number of nitrogens with zero attached hydrogens (tertiary/aromatic N) is 6. The van der Waals surface area contributed by atoms with Crippen LogP contribution in [0.15, 0.2) is 24.5 Å². The molecule has 118 valence electrons. The molecule has 6 nitrogen and oxygen atoms in total. The van der Waals surface area contributed by atoms with E-state index in [0.29, 0.717) is 10.0 Å². The SMILES string of the molecule is Cc1nc(C2CCc3ncnn3C2)n(-c2ccc(Cl)cc2Cl)n1. The minimum absolute atomic E-state index is 0.220. The summed E-state index contributed by atoms with van der Waals surface area (Å²) in [5.74, 6) is 2.86. The normalized spacial score (nSPS) is 17.3. The Bertz CT molecular complexity index is 869. The second-order valence-electron chi connectivity index (χ2n) is 5.62. The van der Waals surface area contributed by atoms with Gasteiger partial charge in [0.1, 0.15) is 23.8 Å². The Morgan fingerprint density at radius 1 is 1.26 bits per heavy atom. The zero-order valence-electron chi connectivity index (χ0n) is 12.4.